The average Bonchev–Trinajstić information content (AvgIpc) is 3.40. The molecule has 0 radical (unpaired) electrons. The predicted octanol–water partition coefficient (Wildman–Crippen LogP) is 11.1. The fourth-order valence-corrected chi connectivity index (χ4v) is 8.30. The van der Waals surface area contributed by atoms with E-state index in [2.05, 4.69) is 172 Å². The molecule has 4 heteroatoms. The maximum atomic E-state index is 5.24. The first-order valence-corrected chi connectivity index (χ1v) is 18.5. The highest BCUT2D eigenvalue weighted by Crippen LogP contribution is 2.34. The van der Waals surface area contributed by atoms with Gasteiger partial charge in [-0.25, -0.2) is 15.0 Å². The summed E-state index contributed by atoms with van der Waals surface area (Å²) >= 11 is 1.84. The minimum Gasteiger partial charge on any atom is -0.208 e. The summed E-state index contributed by atoms with van der Waals surface area (Å²) in [4.78, 5) is 15.7. The number of thiophene rings is 1. The van der Waals surface area contributed by atoms with Crippen molar-refractivity contribution in [2.24, 2.45) is 0 Å². The van der Waals surface area contributed by atoms with E-state index in [1.54, 1.807) is 0 Å². The Labute approximate surface area is 307 Å². The van der Waals surface area contributed by atoms with E-state index >= 15 is 0 Å². The van der Waals surface area contributed by atoms with Crippen molar-refractivity contribution in [2.45, 2.75) is 20.3 Å². The molecular formula is C48H35N3S. The Balaban J connectivity index is 1.19. The monoisotopic (exact) mass is 685 g/mol. The zero-order valence-corrected chi connectivity index (χ0v) is 29.9. The Bertz CT molecular complexity index is 2780. The normalized spacial score (nSPS) is 12.4. The minimum atomic E-state index is 0.654. The van der Waals surface area contributed by atoms with Crippen molar-refractivity contribution in [1.82, 2.24) is 15.0 Å². The number of benzene rings is 6. The molecule has 0 N–H and O–H groups in total. The van der Waals surface area contributed by atoms with Gasteiger partial charge in [-0.3, -0.25) is 0 Å². The molecule has 6 aromatic carbocycles. The van der Waals surface area contributed by atoms with Gasteiger partial charge in [0, 0.05) is 36.5 Å². The van der Waals surface area contributed by atoms with Crippen molar-refractivity contribution in [2.75, 3.05) is 0 Å². The van der Waals surface area contributed by atoms with Gasteiger partial charge in [0.25, 0.3) is 0 Å². The second-order valence-electron chi connectivity index (χ2n) is 13.2. The standard InChI is InChI=1S/C48H35N3S/c1-31-13-6-7-19-39(31)40-21-12-22-41(32(40)2)48-50-46(37-17-10-16-36(29-37)35-27-25-34(26-28-35)33-14-4-3-5-15-33)49-47(51-48)38-18-11-24-45-43(30-38)42-20-8-9-23-44(42)52-45/h3-10,12-30H,11H2,1-2H3. The highest BCUT2D eigenvalue weighted by molar-refractivity contribution is 7.17. The third-order valence-electron chi connectivity index (χ3n) is 9.95. The van der Waals surface area contributed by atoms with E-state index in [0.717, 1.165) is 39.8 Å². The van der Waals surface area contributed by atoms with Crippen LogP contribution < -0.4 is 9.75 Å². The summed E-state index contributed by atoms with van der Waals surface area (Å²) in [6.07, 6.45) is 7.63. The van der Waals surface area contributed by atoms with E-state index in [0.29, 0.717) is 17.5 Å². The fourth-order valence-electron chi connectivity index (χ4n) is 7.17. The van der Waals surface area contributed by atoms with Crippen LogP contribution in [0.15, 0.2) is 152 Å². The quantitative estimate of drug-likeness (QED) is 0.175. The largest absolute Gasteiger partial charge is 0.208 e. The molecule has 0 unspecified atom stereocenters. The summed E-state index contributed by atoms with van der Waals surface area (Å²) in [5, 5.41) is 2.49. The molecule has 2 heterocycles. The predicted molar refractivity (Wildman–Crippen MR) is 219 cm³/mol. The Kier molecular flexibility index (Phi) is 8.22. The molecule has 248 valence electrons. The lowest BCUT2D eigenvalue weighted by atomic mass is 9.93. The van der Waals surface area contributed by atoms with E-state index in [1.165, 1.54) is 47.7 Å². The van der Waals surface area contributed by atoms with Crippen LogP contribution in [0.3, 0.4) is 0 Å². The van der Waals surface area contributed by atoms with Crippen LogP contribution in [-0.4, -0.2) is 15.0 Å². The van der Waals surface area contributed by atoms with Gasteiger partial charge in [-0.1, -0.05) is 146 Å². The lowest BCUT2D eigenvalue weighted by Crippen LogP contribution is -2.17. The molecule has 9 rings (SSSR count). The zero-order chi connectivity index (χ0) is 35.0. The Morgan fingerprint density at radius 3 is 1.94 bits per heavy atom. The summed E-state index contributed by atoms with van der Waals surface area (Å²) in [5.41, 5.74) is 12.4. The number of hydrogen-bond donors (Lipinski definition) is 0. The first-order chi connectivity index (χ1) is 25.6. The zero-order valence-electron chi connectivity index (χ0n) is 29.0. The summed E-state index contributed by atoms with van der Waals surface area (Å²) in [6, 6.07) is 51.4. The summed E-state index contributed by atoms with van der Waals surface area (Å²) in [6.45, 7) is 4.34. The van der Waals surface area contributed by atoms with Gasteiger partial charge < -0.3 is 0 Å². The van der Waals surface area contributed by atoms with Gasteiger partial charge >= 0.3 is 0 Å². The first kappa shape index (κ1) is 31.7. The van der Waals surface area contributed by atoms with Gasteiger partial charge in [0.1, 0.15) is 0 Å². The van der Waals surface area contributed by atoms with Crippen molar-refractivity contribution < 1.29 is 0 Å². The molecule has 52 heavy (non-hydrogen) atoms. The molecule has 0 bridgehead atoms. The third kappa shape index (κ3) is 5.97. The average molecular weight is 686 g/mol. The van der Waals surface area contributed by atoms with Gasteiger partial charge in [-0.2, -0.15) is 0 Å². The lowest BCUT2D eigenvalue weighted by Gasteiger charge is -2.15. The van der Waals surface area contributed by atoms with E-state index in [-0.39, 0.29) is 0 Å². The molecule has 0 spiro atoms. The molecule has 0 fully saturated rings. The molecule has 8 aromatic rings. The summed E-state index contributed by atoms with van der Waals surface area (Å²) in [7, 11) is 0. The number of allylic oxidation sites excluding steroid dienone is 2. The molecule has 1 aliphatic carbocycles. The third-order valence-corrected chi connectivity index (χ3v) is 11.1. The molecule has 2 aromatic heterocycles. The maximum Gasteiger partial charge on any atom is 0.164 e. The molecule has 0 saturated heterocycles. The maximum absolute atomic E-state index is 5.24. The number of rotatable bonds is 6. The van der Waals surface area contributed by atoms with Gasteiger partial charge in [0.15, 0.2) is 17.5 Å². The number of fused-ring (bicyclic) bond motifs is 3. The molecule has 3 nitrogen and oxygen atoms in total. The smallest absolute Gasteiger partial charge is 0.164 e. The molecule has 0 saturated carbocycles. The molecule has 1 aliphatic rings. The fraction of sp³-hybridized carbons (Fsp3) is 0.0625. The molecule has 0 atom stereocenters. The van der Waals surface area contributed by atoms with Crippen LogP contribution in [0.2, 0.25) is 0 Å². The van der Waals surface area contributed by atoms with Crippen LogP contribution >= 0.6 is 11.3 Å². The van der Waals surface area contributed by atoms with Crippen molar-refractivity contribution in [1.29, 1.82) is 0 Å². The van der Waals surface area contributed by atoms with E-state index in [4.69, 9.17) is 15.0 Å². The highest BCUT2D eigenvalue weighted by atomic mass is 32.1. The molecule has 0 amide bonds. The second-order valence-corrected chi connectivity index (χ2v) is 14.3. The minimum absolute atomic E-state index is 0.654. The van der Waals surface area contributed by atoms with Crippen molar-refractivity contribution >= 4 is 39.1 Å². The van der Waals surface area contributed by atoms with Crippen LogP contribution in [0, 0.1) is 13.8 Å². The van der Waals surface area contributed by atoms with E-state index < -0.39 is 0 Å². The SMILES string of the molecule is Cc1ccccc1-c1cccc(-c2nc(C3=CCC=c4sc5ccccc5c4=C3)nc(-c3cccc(-c4ccc(-c5ccccc5)cc4)c3)n2)c1C. The lowest BCUT2D eigenvalue weighted by molar-refractivity contribution is 1.04. The van der Waals surface area contributed by atoms with Gasteiger partial charge in [0.05, 0.1) is 0 Å². The van der Waals surface area contributed by atoms with E-state index in [9.17, 15) is 0 Å². The second kappa shape index (κ2) is 13.5. The Morgan fingerprint density at radius 1 is 0.481 bits per heavy atom. The van der Waals surface area contributed by atoms with Crippen molar-refractivity contribution in [3.05, 3.63) is 178 Å². The van der Waals surface area contributed by atoms with Crippen molar-refractivity contribution in [3.63, 3.8) is 0 Å². The number of nitrogens with zero attached hydrogens (tertiary/aromatic N) is 3. The Hall–Kier alpha value is -6.23. The van der Waals surface area contributed by atoms with Gasteiger partial charge in [-0.05, 0) is 83.0 Å². The van der Waals surface area contributed by atoms with Crippen LogP contribution in [0.5, 0.6) is 0 Å². The van der Waals surface area contributed by atoms with Crippen LogP contribution in [-0.2, 0) is 0 Å². The van der Waals surface area contributed by atoms with E-state index in [1.807, 2.05) is 17.4 Å². The molecule has 0 aliphatic heterocycles. The Morgan fingerprint density at radius 2 is 1.10 bits per heavy atom. The number of hydrogen-bond acceptors (Lipinski definition) is 4. The first-order valence-electron chi connectivity index (χ1n) is 17.7. The van der Waals surface area contributed by atoms with Gasteiger partial charge in [-0.15, -0.1) is 11.3 Å². The summed E-state index contributed by atoms with van der Waals surface area (Å²) in [5.74, 6) is 2.00. The van der Waals surface area contributed by atoms with Crippen LogP contribution in [0.4, 0.5) is 0 Å². The topological polar surface area (TPSA) is 38.7 Å². The number of aromatic nitrogens is 3. The van der Waals surface area contributed by atoms with Crippen LogP contribution in [0.1, 0.15) is 23.4 Å². The van der Waals surface area contributed by atoms with Crippen LogP contribution in [0.25, 0.3) is 84.0 Å². The number of aryl methyl sites for hydroxylation is 1. The van der Waals surface area contributed by atoms with Crippen molar-refractivity contribution in [3.8, 4) is 56.2 Å². The summed E-state index contributed by atoms with van der Waals surface area (Å²) < 4.78 is 2.57. The van der Waals surface area contributed by atoms with Gasteiger partial charge in [0.2, 0.25) is 0 Å². The molecular weight excluding hydrogens is 651 g/mol. The highest BCUT2D eigenvalue weighted by Gasteiger charge is 2.18.